The number of nitrogens with one attached hydrogen (secondary N) is 1. The van der Waals surface area contributed by atoms with Crippen molar-refractivity contribution in [2.75, 3.05) is 12.4 Å². The summed E-state index contributed by atoms with van der Waals surface area (Å²) in [5.41, 5.74) is 1.16. The van der Waals surface area contributed by atoms with E-state index in [0.29, 0.717) is 32.8 Å². The molecule has 1 N–H and O–H groups in total. The maximum absolute atomic E-state index is 12.8. The summed E-state index contributed by atoms with van der Waals surface area (Å²) in [6.45, 7) is -0.215. The van der Waals surface area contributed by atoms with Crippen molar-refractivity contribution in [1.82, 2.24) is 19.3 Å². The molecule has 1 amide bonds. The van der Waals surface area contributed by atoms with E-state index in [9.17, 15) is 9.59 Å². The van der Waals surface area contributed by atoms with Crippen molar-refractivity contribution in [3.05, 3.63) is 75.4 Å². The Morgan fingerprint density at radius 2 is 2.03 bits per heavy atom. The van der Waals surface area contributed by atoms with Crippen molar-refractivity contribution in [2.24, 2.45) is 0 Å². The van der Waals surface area contributed by atoms with Crippen molar-refractivity contribution in [3.8, 4) is 11.4 Å². The molecule has 4 aromatic rings. The summed E-state index contributed by atoms with van der Waals surface area (Å²) in [7, 11) is 1.50. The number of hydrogen-bond donors (Lipinski definition) is 1. The number of hydrogen-bond acceptors (Lipinski definition) is 5. The van der Waals surface area contributed by atoms with Crippen LogP contribution in [0.4, 0.5) is 5.69 Å². The maximum Gasteiger partial charge on any atom is 0.264 e. The molecule has 152 valence electrons. The topological polar surface area (TPSA) is 91.0 Å². The van der Waals surface area contributed by atoms with Crippen LogP contribution in [0.1, 0.15) is 0 Å². The Morgan fingerprint density at radius 3 is 2.77 bits per heavy atom. The summed E-state index contributed by atoms with van der Waals surface area (Å²) in [6, 6.07) is 11.9. The Balaban J connectivity index is 1.58. The monoisotopic (exact) mass is 443 g/mol. The van der Waals surface area contributed by atoms with Crippen LogP contribution in [0, 0.1) is 0 Å². The zero-order valence-electron chi connectivity index (χ0n) is 15.7. The number of fused-ring (bicyclic) bond motifs is 1. The molecular weight excluding hydrogens is 429 g/mol. The van der Waals surface area contributed by atoms with Gasteiger partial charge in [0.2, 0.25) is 5.91 Å². The van der Waals surface area contributed by atoms with E-state index in [-0.39, 0.29) is 17.5 Å². The van der Waals surface area contributed by atoms with Gasteiger partial charge in [-0.1, -0.05) is 29.3 Å². The predicted octanol–water partition coefficient (Wildman–Crippen LogP) is 3.54. The summed E-state index contributed by atoms with van der Waals surface area (Å²) in [6.07, 6.45) is 2.73. The SMILES string of the molecule is COc1ccc(NC(=O)Cn2cnc3c(cnn3-c3cccc(Cl)c3)c2=O)cc1Cl. The number of halogens is 2. The highest BCUT2D eigenvalue weighted by Gasteiger charge is 2.14. The van der Waals surface area contributed by atoms with Crippen molar-refractivity contribution in [2.45, 2.75) is 6.54 Å². The standard InChI is InChI=1S/C20H15Cl2N5O3/c1-30-17-6-5-13(8-16(17)22)25-18(28)10-26-11-23-19-15(20(26)29)9-24-27(19)14-4-2-3-12(21)7-14/h2-9,11H,10H2,1H3,(H,25,28). The summed E-state index contributed by atoms with van der Waals surface area (Å²) in [5.74, 6) is 0.0963. The molecule has 0 saturated carbocycles. The average Bonchev–Trinajstić information content (AvgIpc) is 3.15. The first-order valence-electron chi connectivity index (χ1n) is 8.79. The number of rotatable bonds is 5. The molecule has 0 fully saturated rings. The fourth-order valence-corrected chi connectivity index (χ4v) is 3.40. The van der Waals surface area contributed by atoms with E-state index in [1.165, 1.54) is 28.9 Å². The molecule has 0 aliphatic rings. The minimum Gasteiger partial charge on any atom is -0.495 e. The van der Waals surface area contributed by atoms with Gasteiger partial charge in [-0.05, 0) is 36.4 Å². The highest BCUT2D eigenvalue weighted by atomic mass is 35.5. The van der Waals surface area contributed by atoms with Gasteiger partial charge in [-0.15, -0.1) is 0 Å². The smallest absolute Gasteiger partial charge is 0.264 e. The number of methoxy groups -OCH3 is 1. The van der Waals surface area contributed by atoms with Gasteiger partial charge >= 0.3 is 0 Å². The van der Waals surface area contributed by atoms with Crippen LogP contribution >= 0.6 is 23.2 Å². The lowest BCUT2D eigenvalue weighted by Gasteiger charge is -2.09. The molecule has 4 rings (SSSR count). The van der Waals surface area contributed by atoms with Crippen molar-refractivity contribution in [3.63, 3.8) is 0 Å². The third kappa shape index (κ3) is 3.87. The normalized spacial score (nSPS) is 10.9. The lowest BCUT2D eigenvalue weighted by Crippen LogP contribution is -2.27. The molecule has 0 radical (unpaired) electrons. The van der Waals surface area contributed by atoms with E-state index in [1.54, 1.807) is 42.5 Å². The summed E-state index contributed by atoms with van der Waals surface area (Å²) in [5, 5.41) is 8.13. The Labute approximate surface area is 180 Å². The molecule has 0 unspecified atom stereocenters. The first kappa shape index (κ1) is 19.9. The molecule has 0 aliphatic carbocycles. The van der Waals surface area contributed by atoms with Gasteiger partial charge in [0.25, 0.3) is 5.56 Å². The number of carbonyl (C=O) groups excluding carboxylic acids is 1. The molecule has 0 bridgehead atoms. The first-order chi connectivity index (χ1) is 14.5. The minimum atomic E-state index is -0.401. The Hall–Kier alpha value is -3.36. The van der Waals surface area contributed by atoms with E-state index in [1.807, 2.05) is 0 Å². The zero-order chi connectivity index (χ0) is 21.3. The van der Waals surface area contributed by atoms with E-state index in [2.05, 4.69) is 15.4 Å². The molecule has 0 saturated heterocycles. The van der Waals surface area contributed by atoms with Crippen molar-refractivity contribution >= 4 is 45.8 Å². The minimum absolute atomic E-state index is 0.215. The number of ether oxygens (including phenoxy) is 1. The lowest BCUT2D eigenvalue weighted by atomic mass is 10.3. The van der Waals surface area contributed by atoms with Gasteiger partial charge in [-0.3, -0.25) is 14.2 Å². The van der Waals surface area contributed by atoms with Gasteiger partial charge < -0.3 is 10.1 Å². The fraction of sp³-hybridized carbons (Fsp3) is 0.100. The molecule has 8 nitrogen and oxygen atoms in total. The summed E-state index contributed by atoms with van der Waals surface area (Å²) in [4.78, 5) is 29.5. The highest BCUT2D eigenvalue weighted by Crippen LogP contribution is 2.27. The fourth-order valence-electron chi connectivity index (χ4n) is 2.96. The summed E-state index contributed by atoms with van der Waals surface area (Å²) < 4.78 is 7.82. The number of aromatic nitrogens is 4. The molecule has 2 heterocycles. The second kappa shape index (κ2) is 8.17. The number of benzene rings is 2. The van der Waals surface area contributed by atoms with E-state index < -0.39 is 5.91 Å². The third-order valence-corrected chi connectivity index (χ3v) is 4.89. The van der Waals surface area contributed by atoms with E-state index in [0.717, 1.165) is 0 Å². The molecule has 2 aromatic carbocycles. The number of anilines is 1. The van der Waals surface area contributed by atoms with Gasteiger partial charge in [0.1, 0.15) is 24.0 Å². The van der Waals surface area contributed by atoms with Crippen LogP contribution in [0.3, 0.4) is 0 Å². The molecule has 0 spiro atoms. The van der Waals surface area contributed by atoms with Crippen LogP contribution in [0.25, 0.3) is 16.7 Å². The number of nitrogens with zero attached hydrogens (tertiary/aromatic N) is 4. The maximum atomic E-state index is 12.8. The van der Waals surface area contributed by atoms with Gasteiger partial charge in [-0.25, -0.2) is 9.67 Å². The molecule has 30 heavy (non-hydrogen) atoms. The third-order valence-electron chi connectivity index (χ3n) is 4.36. The first-order valence-corrected chi connectivity index (χ1v) is 9.54. The second-order valence-electron chi connectivity index (χ2n) is 6.35. The van der Waals surface area contributed by atoms with E-state index in [4.69, 9.17) is 27.9 Å². The molecule has 0 aliphatic heterocycles. The van der Waals surface area contributed by atoms with Crippen molar-refractivity contribution < 1.29 is 9.53 Å². The summed E-state index contributed by atoms with van der Waals surface area (Å²) >= 11 is 12.1. The van der Waals surface area contributed by atoms with Crippen LogP contribution in [-0.4, -0.2) is 32.3 Å². The Bertz CT molecular complexity index is 1320. The van der Waals surface area contributed by atoms with Crippen LogP contribution in [0.5, 0.6) is 5.75 Å². The molecule has 0 atom stereocenters. The zero-order valence-corrected chi connectivity index (χ0v) is 17.2. The van der Waals surface area contributed by atoms with Crippen LogP contribution in [0.15, 0.2) is 59.8 Å². The van der Waals surface area contributed by atoms with Gasteiger partial charge in [-0.2, -0.15) is 5.10 Å². The Kier molecular flexibility index (Phi) is 5.43. The largest absolute Gasteiger partial charge is 0.495 e. The van der Waals surface area contributed by atoms with Crippen LogP contribution in [0.2, 0.25) is 10.0 Å². The van der Waals surface area contributed by atoms with Crippen molar-refractivity contribution in [1.29, 1.82) is 0 Å². The lowest BCUT2D eigenvalue weighted by molar-refractivity contribution is -0.116. The Morgan fingerprint density at radius 1 is 1.20 bits per heavy atom. The number of amides is 1. The predicted molar refractivity (Wildman–Crippen MR) is 115 cm³/mol. The quantitative estimate of drug-likeness (QED) is 0.509. The molecular formula is C20H15Cl2N5O3. The van der Waals surface area contributed by atoms with Crippen LogP contribution in [-0.2, 0) is 11.3 Å². The van der Waals surface area contributed by atoms with E-state index >= 15 is 0 Å². The van der Waals surface area contributed by atoms with Gasteiger partial charge in [0, 0.05) is 10.7 Å². The van der Waals surface area contributed by atoms with Gasteiger partial charge in [0.15, 0.2) is 5.65 Å². The second-order valence-corrected chi connectivity index (χ2v) is 7.19. The van der Waals surface area contributed by atoms with Crippen LogP contribution < -0.4 is 15.6 Å². The van der Waals surface area contributed by atoms with Gasteiger partial charge in [0.05, 0.1) is 24.0 Å². The average molecular weight is 444 g/mol. The highest BCUT2D eigenvalue weighted by molar-refractivity contribution is 6.32. The molecule has 2 aromatic heterocycles. The molecule has 10 heteroatoms. The number of carbonyl (C=O) groups is 1.